The molecule has 0 radical (unpaired) electrons. The number of hydrogen-bond donors (Lipinski definition) is 0. The van der Waals surface area contributed by atoms with E-state index in [2.05, 4.69) is 12.1 Å². The minimum atomic E-state index is -3.08. The van der Waals surface area contributed by atoms with Crippen LogP contribution in [0.25, 0.3) is 10.1 Å². The summed E-state index contributed by atoms with van der Waals surface area (Å²) in [6, 6.07) is 63.2. The van der Waals surface area contributed by atoms with E-state index in [1.54, 1.807) is 17.4 Å². The van der Waals surface area contributed by atoms with Crippen molar-refractivity contribution in [1.82, 2.24) is 0 Å². The van der Waals surface area contributed by atoms with Gasteiger partial charge in [0.05, 0.1) is 33.0 Å². The van der Waals surface area contributed by atoms with Crippen LogP contribution in [0.15, 0.2) is 194 Å². The third-order valence-electron chi connectivity index (χ3n) is 11.7. The molecule has 0 unspecified atom stereocenters. The Balaban J connectivity index is 1.17. The Morgan fingerprint density at radius 3 is 1.54 bits per heavy atom. The lowest BCUT2D eigenvalue weighted by atomic mass is 9.88. The van der Waals surface area contributed by atoms with Crippen LogP contribution in [0.1, 0.15) is 49.9 Å². The van der Waals surface area contributed by atoms with E-state index in [4.69, 9.17) is 33.2 Å². The highest BCUT2D eigenvalue weighted by Crippen LogP contribution is 2.45. The molecular weight excluding hydrogens is 867 g/mol. The maximum Gasteiger partial charge on any atom is 0.387 e. The second-order valence-corrected chi connectivity index (χ2v) is 17.6. The molecule has 0 spiro atoms. The first-order valence-corrected chi connectivity index (χ1v) is 23.3. The Morgan fingerprint density at radius 1 is 0.493 bits per heavy atom. The van der Waals surface area contributed by atoms with E-state index < -0.39 is 37.1 Å². The van der Waals surface area contributed by atoms with E-state index in [1.165, 1.54) is 0 Å². The molecule has 67 heavy (non-hydrogen) atoms. The quantitative estimate of drug-likeness (QED) is 0.0711. The molecule has 7 nitrogen and oxygen atoms in total. The average molecular weight is 919 g/mol. The molecule has 1 aromatic heterocycles. The zero-order chi connectivity index (χ0) is 45.6. The molecule has 2 heterocycles. The summed E-state index contributed by atoms with van der Waals surface area (Å²) in [4.78, 5) is 0.983. The first-order chi connectivity index (χ1) is 33.0. The third-order valence-corrected chi connectivity index (χ3v) is 12.8. The summed E-state index contributed by atoms with van der Waals surface area (Å²) in [7, 11) is 0. The van der Waals surface area contributed by atoms with Crippen LogP contribution in [0.5, 0.6) is 11.5 Å². The number of fused-ring (bicyclic) bond motifs is 1. The van der Waals surface area contributed by atoms with Gasteiger partial charge in [0.1, 0.15) is 48.6 Å². The normalized spacial score (nSPS) is 18.3. The van der Waals surface area contributed by atoms with Gasteiger partial charge in [-0.25, -0.2) is 0 Å². The molecule has 0 aliphatic carbocycles. The molecule has 0 saturated carbocycles. The lowest BCUT2D eigenvalue weighted by Gasteiger charge is -2.46. The molecule has 5 atom stereocenters. The zero-order valence-electron chi connectivity index (χ0n) is 36.9. The van der Waals surface area contributed by atoms with Gasteiger partial charge in [-0.15, -0.1) is 11.3 Å². The molecule has 1 saturated heterocycles. The molecule has 1 fully saturated rings. The van der Waals surface area contributed by atoms with Crippen LogP contribution in [-0.2, 0) is 63.1 Å². The molecule has 10 heteroatoms. The second-order valence-electron chi connectivity index (χ2n) is 16.5. The predicted octanol–water partition coefficient (Wildman–Crippen LogP) is 13.1. The molecule has 9 rings (SSSR count). The van der Waals surface area contributed by atoms with Gasteiger partial charge in [0.25, 0.3) is 0 Å². The summed E-state index contributed by atoms with van der Waals surface area (Å²) in [6.07, 6.45) is -3.49. The highest BCUT2D eigenvalue weighted by atomic mass is 32.1. The van der Waals surface area contributed by atoms with Crippen molar-refractivity contribution in [3.63, 3.8) is 0 Å². The van der Waals surface area contributed by atoms with E-state index in [0.29, 0.717) is 29.9 Å². The largest absolute Gasteiger partial charge is 0.488 e. The molecule has 0 amide bonds. The van der Waals surface area contributed by atoms with Crippen LogP contribution < -0.4 is 9.47 Å². The smallest absolute Gasteiger partial charge is 0.387 e. The Labute approximate surface area is 394 Å². The average Bonchev–Trinajstić information content (AvgIpc) is 3.78. The van der Waals surface area contributed by atoms with Gasteiger partial charge in [-0.2, -0.15) is 8.78 Å². The van der Waals surface area contributed by atoms with Crippen LogP contribution >= 0.6 is 11.3 Å². The number of alkyl halides is 2. The maximum atomic E-state index is 14.4. The molecule has 0 N–H and O–H groups in total. The number of thiophene rings is 1. The highest BCUT2D eigenvalue weighted by molar-refractivity contribution is 7.19. The summed E-state index contributed by atoms with van der Waals surface area (Å²) in [5.74, 6) is 0.327. The number of benzene rings is 7. The number of halogens is 2. The number of hydrogen-bond acceptors (Lipinski definition) is 8. The van der Waals surface area contributed by atoms with Crippen molar-refractivity contribution in [3.8, 4) is 11.5 Å². The van der Waals surface area contributed by atoms with E-state index in [0.717, 1.165) is 42.8 Å². The Morgan fingerprint density at radius 2 is 0.985 bits per heavy atom. The number of ether oxygens (including phenoxy) is 7. The molecule has 7 aromatic carbocycles. The first kappa shape index (κ1) is 45.9. The van der Waals surface area contributed by atoms with Gasteiger partial charge < -0.3 is 33.2 Å². The fourth-order valence-corrected chi connectivity index (χ4v) is 9.49. The van der Waals surface area contributed by atoms with Gasteiger partial charge in [-0.05, 0) is 51.4 Å². The Hall–Kier alpha value is -6.24. The summed E-state index contributed by atoms with van der Waals surface area (Å²) in [5, 5.41) is 1.07. The van der Waals surface area contributed by atoms with Gasteiger partial charge >= 0.3 is 6.61 Å². The minimum Gasteiger partial charge on any atom is -0.488 e. The van der Waals surface area contributed by atoms with Gasteiger partial charge in [-0.3, -0.25) is 0 Å². The van der Waals surface area contributed by atoms with Crippen LogP contribution in [0, 0.1) is 0 Å². The van der Waals surface area contributed by atoms with Crippen molar-refractivity contribution in [3.05, 3.63) is 238 Å². The molecular formula is C57H52F2O7S. The van der Waals surface area contributed by atoms with Gasteiger partial charge in [0.15, 0.2) is 0 Å². The monoisotopic (exact) mass is 918 g/mol. The van der Waals surface area contributed by atoms with Crippen LogP contribution in [0.3, 0.4) is 0 Å². The van der Waals surface area contributed by atoms with Gasteiger partial charge in [0, 0.05) is 33.2 Å². The fraction of sp³-hybridized carbons (Fsp3) is 0.228. The van der Waals surface area contributed by atoms with Crippen LogP contribution in [-0.4, -0.2) is 37.6 Å². The SMILES string of the molecule is FC(F)Oc1cc(OCc2ccccc2)c([C@@H]2O[C@H](COCc3ccccc3)[C@@H](OCc3ccccc3)[C@H](OCc3ccccc3)[C@H]2OCc2ccccc2)cc1Cc1cc2ccccc2s1. The first-order valence-electron chi connectivity index (χ1n) is 22.5. The Bertz CT molecular complexity index is 2690. The molecule has 342 valence electrons. The maximum absolute atomic E-state index is 14.4. The third kappa shape index (κ3) is 12.4. The fourth-order valence-electron chi connectivity index (χ4n) is 8.40. The van der Waals surface area contributed by atoms with Gasteiger partial charge in [-0.1, -0.05) is 170 Å². The predicted molar refractivity (Wildman–Crippen MR) is 257 cm³/mol. The van der Waals surface area contributed by atoms with Crippen LogP contribution in [0.2, 0.25) is 0 Å². The van der Waals surface area contributed by atoms with E-state index in [9.17, 15) is 8.78 Å². The van der Waals surface area contributed by atoms with E-state index >= 15 is 0 Å². The van der Waals surface area contributed by atoms with E-state index in [-0.39, 0.29) is 38.8 Å². The standard InChI is InChI=1S/C57H52F2O7S/c58-57(59)66-49-33-50(61-35-41-20-8-2-9-21-41)48(32-46(49)31-47-30-45-28-16-17-29-52(45)67-47)53-55(63-37-43-24-12-4-13-25-43)56(64-38-44-26-14-5-15-27-44)54(62-36-42-22-10-3-11-23-42)51(65-53)39-60-34-40-18-6-1-7-19-40/h1-30,32-33,51,53-57H,31,34-39H2/t51-,53+,54-,55+,56+/m1/s1. The van der Waals surface area contributed by atoms with Crippen molar-refractivity contribution in [1.29, 1.82) is 0 Å². The van der Waals surface area contributed by atoms with E-state index in [1.807, 2.05) is 176 Å². The van der Waals surface area contributed by atoms with Crippen molar-refractivity contribution in [2.24, 2.45) is 0 Å². The van der Waals surface area contributed by atoms with Crippen molar-refractivity contribution >= 4 is 21.4 Å². The molecule has 1 aliphatic heterocycles. The van der Waals surface area contributed by atoms with Crippen molar-refractivity contribution in [2.75, 3.05) is 6.61 Å². The van der Waals surface area contributed by atoms with Gasteiger partial charge in [0.2, 0.25) is 0 Å². The minimum absolute atomic E-state index is 0.0144. The summed E-state index contributed by atoms with van der Waals surface area (Å²) >= 11 is 1.61. The Kier molecular flexibility index (Phi) is 15.7. The molecule has 0 bridgehead atoms. The van der Waals surface area contributed by atoms with Crippen molar-refractivity contribution < 1.29 is 41.9 Å². The molecule has 1 aliphatic rings. The topological polar surface area (TPSA) is 64.6 Å². The summed E-state index contributed by atoms with van der Waals surface area (Å²) < 4.78 is 76.9. The molecule has 8 aromatic rings. The zero-order valence-corrected chi connectivity index (χ0v) is 37.7. The second kappa shape index (κ2) is 23.0. The lowest BCUT2D eigenvalue weighted by molar-refractivity contribution is -0.275. The number of rotatable bonds is 21. The summed E-state index contributed by atoms with van der Waals surface area (Å²) in [5.41, 5.74) is 5.94. The van der Waals surface area contributed by atoms with Crippen LogP contribution in [0.4, 0.5) is 8.78 Å². The highest BCUT2D eigenvalue weighted by Gasteiger charge is 2.50. The lowest BCUT2D eigenvalue weighted by Crippen LogP contribution is -2.58. The summed E-state index contributed by atoms with van der Waals surface area (Å²) in [6.45, 7) is -1.70. The van der Waals surface area contributed by atoms with Crippen molar-refractivity contribution in [2.45, 2.75) is 76.6 Å².